The molecule has 1 heterocycles. The van der Waals surface area contributed by atoms with E-state index in [9.17, 15) is 20.1 Å². The average molecular weight is 441 g/mol. The highest BCUT2D eigenvalue weighted by Gasteiger charge is 2.41. The summed E-state index contributed by atoms with van der Waals surface area (Å²) in [6.45, 7) is 1.75. The van der Waals surface area contributed by atoms with E-state index in [1.165, 1.54) is 12.7 Å². The van der Waals surface area contributed by atoms with Crippen molar-refractivity contribution in [3.63, 3.8) is 0 Å². The molecule has 32 heavy (non-hydrogen) atoms. The maximum atomic E-state index is 12.6. The van der Waals surface area contributed by atoms with E-state index in [-0.39, 0.29) is 24.6 Å². The summed E-state index contributed by atoms with van der Waals surface area (Å²) in [6.07, 6.45) is 2.03. The second kappa shape index (κ2) is 9.71. The molecule has 3 aliphatic carbocycles. The second-order valence-electron chi connectivity index (χ2n) is 9.10. The van der Waals surface area contributed by atoms with E-state index in [4.69, 9.17) is 9.47 Å². The van der Waals surface area contributed by atoms with Crippen molar-refractivity contribution in [3.05, 3.63) is 59.2 Å². The van der Waals surface area contributed by atoms with Gasteiger partial charge in [0.2, 0.25) is 0 Å². The van der Waals surface area contributed by atoms with E-state index in [1.807, 2.05) is 30.3 Å². The first kappa shape index (κ1) is 22.9. The minimum absolute atomic E-state index is 0.0914. The Hall–Kier alpha value is -2.25. The van der Waals surface area contributed by atoms with Crippen LogP contribution in [0.5, 0.6) is 0 Å². The molecule has 3 N–H and O–H groups in total. The molecule has 1 saturated heterocycles. The lowest BCUT2D eigenvalue weighted by Gasteiger charge is -2.42. The molecule has 0 aromatic rings. The fourth-order valence-electron chi connectivity index (χ4n) is 5.32. The molecule has 0 spiro atoms. The maximum Gasteiger partial charge on any atom is 0.338 e. The van der Waals surface area contributed by atoms with Crippen molar-refractivity contribution in [1.82, 2.24) is 0 Å². The molecule has 0 bridgehead atoms. The monoisotopic (exact) mass is 440 g/mol. The van der Waals surface area contributed by atoms with Crippen molar-refractivity contribution >= 4 is 5.97 Å². The van der Waals surface area contributed by atoms with E-state index in [0.29, 0.717) is 17.9 Å². The summed E-state index contributed by atoms with van der Waals surface area (Å²) in [5, 5.41) is 29.9. The summed E-state index contributed by atoms with van der Waals surface area (Å²) in [5.74, 6) is 0.0744. The van der Waals surface area contributed by atoms with E-state index >= 15 is 0 Å². The molecule has 0 radical (unpaired) electrons. The van der Waals surface area contributed by atoms with Gasteiger partial charge in [-0.1, -0.05) is 48.0 Å². The van der Waals surface area contributed by atoms with E-state index in [2.05, 4.69) is 19.1 Å². The number of esters is 1. The van der Waals surface area contributed by atoms with Crippen LogP contribution < -0.4 is 0 Å². The van der Waals surface area contributed by atoms with Crippen molar-refractivity contribution in [2.75, 3.05) is 13.7 Å². The first-order valence-corrected chi connectivity index (χ1v) is 11.3. The van der Waals surface area contributed by atoms with Gasteiger partial charge in [-0.25, -0.2) is 4.79 Å². The number of aliphatic hydroxyl groups excluding tert-OH is 3. The first-order valence-electron chi connectivity index (χ1n) is 11.3. The lowest BCUT2D eigenvalue weighted by molar-refractivity contribution is -0.190. The molecule has 1 fully saturated rings. The third-order valence-electron chi connectivity index (χ3n) is 7.06. The number of carbonyl (C=O) groups is 1. The van der Waals surface area contributed by atoms with Crippen LogP contribution in [0.3, 0.4) is 0 Å². The van der Waals surface area contributed by atoms with E-state index in [0.717, 1.165) is 36.0 Å². The molecule has 6 heteroatoms. The summed E-state index contributed by atoms with van der Waals surface area (Å²) < 4.78 is 11.1. The topological polar surface area (TPSA) is 96.2 Å². The molecule has 4 aliphatic rings. The molecule has 0 saturated carbocycles. The number of hydrogen-bond donors (Lipinski definition) is 3. The number of carbonyl (C=O) groups excluding carboxylic acids is 1. The SMILES string of the molecule is COC(=O)c1c(CC2CC=C(C)C([C@H]3C[C@@H](O)[C@H](O)[C@@H](CO)O3)C2)cc2cccccc1-2. The third-order valence-corrected chi connectivity index (χ3v) is 7.06. The molecule has 6 atom stereocenters. The van der Waals surface area contributed by atoms with Gasteiger partial charge in [0.1, 0.15) is 12.2 Å². The highest BCUT2D eigenvalue weighted by molar-refractivity contribution is 6.00. The van der Waals surface area contributed by atoms with Gasteiger partial charge in [-0.3, -0.25) is 0 Å². The summed E-state index contributed by atoms with van der Waals surface area (Å²) in [5.41, 5.74) is 4.74. The average Bonchev–Trinajstić information content (AvgIpc) is 2.96. The van der Waals surface area contributed by atoms with Gasteiger partial charge in [-0.05, 0) is 48.8 Å². The molecule has 172 valence electrons. The number of fused-ring (bicyclic) bond motifs is 1. The van der Waals surface area contributed by atoms with Crippen molar-refractivity contribution in [2.45, 2.75) is 57.0 Å². The van der Waals surface area contributed by atoms with Gasteiger partial charge in [0, 0.05) is 12.3 Å². The number of hydrogen-bond acceptors (Lipinski definition) is 6. The van der Waals surface area contributed by atoms with Crippen molar-refractivity contribution < 1.29 is 29.6 Å². The van der Waals surface area contributed by atoms with Gasteiger partial charge in [-0.2, -0.15) is 0 Å². The predicted octanol–water partition coefficient (Wildman–Crippen LogP) is 2.96. The lowest BCUT2D eigenvalue weighted by atomic mass is 9.74. The Bertz CT molecular complexity index is 953. The predicted molar refractivity (Wildman–Crippen MR) is 120 cm³/mol. The standard InChI is InChI=1S/C26H32O6/c1-15-8-9-16(11-20(15)22-13-21(28)25(29)23(14-27)32-22)10-18-12-17-6-4-3-5-7-19(17)24(18)26(30)31-2/h3-8,12,16,20-23,25,27-29H,9-11,13-14H2,1-2H3/t16?,20?,21-,22-,23-,25+/m1/s1. The van der Waals surface area contributed by atoms with Crippen LogP contribution in [0.2, 0.25) is 0 Å². The molecular weight excluding hydrogens is 408 g/mol. The Morgan fingerprint density at radius 3 is 2.72 bits per heavy atom. The normalized spacial score (nSPS) is 30.7. The summed E-state index contributed by atoms with van der Waals surface area (Å²) in [7, 11) is 1.41. The highest BCUT2D eigenvalue weighted by Crippen LogP contribution is 2.40. The van der Waals surface area contributed by atoms with Crippen molar-refractivity contribution in [3.8, 4) is 11.1 Å². The minimum atomic E-state index is -1.07. The lowest BCUT2D eigenvalue weighted by Crippen LogP contribution is -2.52. The molecule has 0 aromatic carbocycles. The molecule has 0 aromatic heterocycles. The number of methoxy groups -OCH3 is 1. The third kappa shape index (κ3) is 4.46. The minimum Gasteiger partial charge on any atom is -0.465 e. The molecule has 4 rings (SSSR count). The molecule has 0 amide bonds. The summed E-state index contributed by atoms with van der Waals surface area (Å²) >= 11 is 0. The Morgan fingerprint density at radius 1 is 1.19 bits per heavy atom. The number of ether oxygens (including phenoxy) is 2. The van der Waals surface area contributed by atoms with Gasteiger partial charge >= 0.3 is 5.97 Å². The zero-order valence-corrected chi connectivity index (χ0v) is 18.6. The van der Waals surface area contributed by atoms with E-state index < -0.39 is 18.3 Å². The van der Waals surface area contributed by atoms with Crippen LogP contribution in [0.1, 0.15) is 42.1 Å². The van der Waals surface area contributed by atoms with E-state index in [1.54, 1.807) is 0 Å². The fraction of sp³-hybridized carbons (Fsp3) is 0.500. The van der Waals surface area contributed by atoms with Crippen LogP contribution in [0.15, 0.2) is 48.0 Å². The largest absolute Gasteiger partial charge is 0.465 e. The maximum absolute atomic E-state index is 12.6. The number of allylic oxidation sites excluding steroid dienone is 1. The van der Waals surface area contributed by atoms with Crippen LogP contribution in [0.4, 0.5) is 0 Å². The molecule has 6 nitrogen and oxygen atoms in total. The Balaban J connectivity index is 1.57. The van der Waals surface area contributed by atoms with Gasteiger partial charge in [0.15, 0.2) is 0 Å². The summed E-state index contributed by atoms with van der Waals surface area (Å²) in [4.78, 5) is 12.6. The van der Waals surface area contributed by atoms with Crippen LogP contribution in [-0.4, -0.2) is 59.4 Å². The van der Waals surface area contributed by atoms with Crippen LogP contribution in [0.25, 0.3) is 11.1 Å². The Kier molecular flexibility index (Phi) is 6.96. The Labute approximate surface area is 188 Å². The number of rotatable bonds is 5. The summed E-state index contributed by atoms with van der Waals surface area (Å²) in [6, 6.07) is 11.9. The molecule has 2 unspecified atom stereocenters. The smallest absolute Gasteiger partial charge is 0.338 e. The van der Waals surface area contributed by atoms with Crippen molar-refractivity contribution in [1.29, 1.82) is 0 Å². The van der Waals surface area contributed by atoms with Gasteiger partial charge in [-0.15, -0.1) is 0 Å². The van der Waals surface area contributed by atoms with Gasteiger partial charge < -0.3 is 24.8 Å². The van der Waals surface area contributed by atoms with Crippen LogP contribution in [0, 0.1) is 11.8 Å². The number of aliphatic hydroxyl groups is 3. The second-order valence-corrected chi connectivity index (χ2v) is 9.10. The fourth-order valence-corrected chi connectivity index (χ4v) is 5.32. The van der Waals surface area contributed by atoms with Crippen LogP contribution >= 0.6 is 0 Å². The van der Waals surface area contributed by atoms with Gasteiger partial charge in [0.05, 0.1) is 31.5 Å². The molecular formula is C26H32O6. The molecule has 1 aliphatic heterocycles. The highest BCUT2D eigenvalue weighted by atomic mass is 16.5. The quantitative estimate of drug-likeness (QED) is 0.489. The zero-order chi connectivity index (χ0) is 22.8. The first-order chi connectivity index (χ1) is 15.4. The zero-order valence-electron chi connectivity index (χ0n) is 18.6. The van der Waals surface area contributed by atoms with Gasteiger partial charge in [0.25, 0.3) is 0 Å². The Morgan fingerprint density at radius 2 is 1.97 bits per heavy atom. The van der Waals surface area contributed by atoms with Crippen LogP contribution in [-0.2, 0) is 15.9 Å². The van der Waals surface area contributed by atoms with Crippen molar-refractivity contribution in [2.24, 2.45) is 11.8 Å².